The van der Waals surface area contributed by atoms with E-state index in [1.165, 1.54) is 0 Å². The van der Waals surface area contributed by atoms with Gasteiger partial charge in [0.15, 0.2) is 0 Å². The lowest BCUT2D eigenvalue weighted by atomic mass is 10.1. The quantitative estimate of drug-likeness (QED) is 0.427. The monoisotopic (exact) mass is 237 g/mol. The molecule has 3 N–H and O–H groups in total. The maximum Gasteiger partial charge on any atom is 0.269 e. The number of nitrogens with one attached hydrogen (secondary N) is 1. The smallest absolute Gasteiger partial charge is 0.269 e. The van der Waals surface area contributed by atoms with E-state index in [9.17, 15) is 10.1 Å². The predicted molar refractivity (Wildman–Crippen MR) is 67.9 cm³/mol. The summed E-state index contributed by atoms with van der Waals surface area (Å²) in [6, 6.07) is 6.89. The molecule has 0 aliphatic heterocycles. The molecule has 0 radical (unpaired) electrons. The Bertz CT molecular complexity index is 349. The van der Waals surface area contributed by atoms with Crippen LogP contribution in [0.2, 0.25) is 0 Å². The number of nitro benzene ring substituents is 1. The Morgan fingerprint density at radius 3 is 2.59 bits per heavy atom. The second-order valence-electron chi connectivity index (χ2n) is 4.21. The fraction of sp³-hybridized carbons (Fsp3) is 0.500. The van der Waals surface area contributed by atoms with E-state index in [1.54, 1.807) is 12.1 Å². The number of rotatable bonds is 7. The summed E-state index contributed by atoms with van der Waals surface area (Å²) in [6.45, 7) is 3.70. The lowest BCUT2D eigenvalue weighted by Gasteiger charge is -2.07. The first-order valence-corrected chi connectivity index (χ1v) is 5.79. The Hall–Kier alpha value is -1.46. The molecule has 0 aliphatic carbocycles. The average molecular weight is 237 g/mol. The number of nitrogens with zero attached hydrogens (tertiary/aromatic N) is 1. The molecule has 1 unspecified atom stereocenters. The summed E-state index contributed by atoms with van der Waals surface area (Å²) < 4.78 is 0. The topological polar surface area (TPSA) is 81.2 Å². The molecule has 0 bridgehead atoms. The number of non-ortho nitro benzene ring substituents is 1. The van der Waals surface area contributed by atoms with E-state index in [2.05, 4.69) is 5.32 Å². The highest BCUT2D eigenvalue weighted by Crippen LogP contribution is 2.12. The van der Waals surface area contributed by atoms with E-state index in [0.29, 0.717) is 0 Å². The van der Waals surface area contributed by atoms with Gasteiger partial charge in [-0.15, -0.1) is 0 Å². The zero-order valence-electron chi connectivity index (χ0n) is 10.1. The summed E-state index contributed by atoms with van der Waals surface area (Å²) in [5.74, 6) is 0. The van der Waals surface area contributed by atoms with Gasteiger partial charge in [-0.25, -0.2) is 0 Å². The van der Waals surface area contributed by atoms with Crippen molar-refractivity contribution >= 4 is 5.69 Å². The van der Waals surface area contributed by atoms with Crippen LogP contribution in [0.4, 0.5) is 5.69 Å². The average Bonchev–Trinajstić information content (AvgIpc) is 2.29. The van der Waals surface area contributed by atoms with Crippen molar-refractivity contribution in [2.75, 3.05) is 13.1 Å². The van der Waals surface area contributed by atoms with E-state index in [1.807, 2.05) is 19.1 Å². The van der Waals surface area contributed by atoms with E-state index in [-0.39, 0.29) is 16.7 Å². The van der Waals surface area contributed by atoms with Gasteiger partial charge in [0.2, 0.25) is 0 Å². The summed E-state index contributed by atoms with van der Waals surface area (Å²) in [6.07, 6.45) is 1.93. The largest absolute Gasteiger partial charge is 0.327 e. The molecule has 94 valence electrons. The van der Waals surface area contributed by atoms with Crippen molar-refractivity contribution in [2.24, 2.45) is 5.73 Å². The van der Waals surface area contributed by atoms with Crippen LogP contribution in [0.5, 0.6) is 0 Å². The number of nitrogens with two attached hydrogens (primary N) is 1. The lowest BCUT2D eigenvalue weighted by molar-refractivity contribution is -0.384. The molecule has 0 spiro atoms. The van der Waals surface area contributed by atoms with Crippen molar-refractivity contribution in [3.05, 3.63) is 39.9 Å². The van der Waals surface area contributed by atoms with E-state index >= 15 is 0 Å². The molecule has 0 saturated heterocycles. The molecule has 5 heteroatoms. The van der Waals surface area contributed by atoms with Crippen LogP contribution in [0.25, 0.3) is 0 Å². The van der Waals surface area contributed by atoms with E-state index in [0.717, 1.165) is 31.5 Å². The Kier molecular flexibility index (Phi) is 5.59. The maximum absolute atomic E-state index is 10.5. The summed E-state index contributed by atoms with van der Waals surface area (Å²) in [5.41, 5.74) is 6.87. The molecule has 5 nitrogen and oxygen atoms in total. The molecular weight excluding hydrogens is 218 g/mol. The van der Waals surface area contributed by atoms with Crippen LogP contribution in [0.3, 0.4) is 0 Å². The molecular formula is C12H19N3O2. The van der Waals surface area contributed by atoms with Crippen LogP contribution in [-0.2, 0) is 6.42 Å². The van der Waals surface area contributed by atoms with E-state index in [4.69, 9.17) is 5.73 Å². The third-order valence-electron chi connectivity index (χ3n) is 2.43. The van der Waals surface area contributed by atoms with Crippen molar-refractivity contribution in [3.8, 4) is 0 Å². The first-order valence-electron chi connectivity index (χ1n) is 5.79. The van der Waals surface area contributed by atoms with Crippen LogP contribution in [0, 0.1) is 10.1 Å². The molecule has 1 rings (SSSR count). The van der Waals surface area contributed by atoms with Gasteiger partial charge in [0.1, 0.15) is 0 Å². The second kappa shape index (κ2) is 6.98. The summed E-state index contributed by atoms with van der Waals surface area (Å²) in [5, 5.41) is 13.7. The van der Waals surface area contributed by atoms with E-state index < -0.39 is 0 Å². The van der Waals surface area contributed by atoms with Gasteiger partial charge >= 0.3 is 0 Å². The summed E-state index contributed by atoms with van der Waals surface area (Å²) >= 11 is 0. The molecule has 1 aromatic carbocycles. The maximum atomic E-state index is 10.5. The molecule has 0 saturated carbocycles. The van der Waals surface area contributed by atoms with Crippen LogP contribution < -0.4 is 11.1 Å². The number of nitro groups is 1. The Morgan fingerprint density at radius 2 is 2.06 bits per heavy atom. The van der Waals surface area contributed by atoms with Crippen molar-refractivity contribution in [1.29, 1.82) is 0 Å². The van der Waals surface area contributed by atoms with Crippen molar-refractivity contribution in [1.82, 2.24) is 5.32 Å². The minimum atomic E-state index is -0.381. The Balaban J connectivity index is 2.25. The van der Waals surface area contributed by atoms with Gasteiger partial charge < -0.3 is 11.1 Å². The Labute approximate surface area is 101 Å². The molecule has 0 aliphatic rings. The van der Waals surface area contributed by atoms with Crippen molar-refractivity contribution in [2.45, 2.75) is 25.8 Å². The zero-order valence-corrected chi connectivity index (χ0v) is 10.1. The van der Waals surface area contributed by atoms with Gasteiger partial charge in [-0.1, -0.05) is 12.1 Å². The molecule has 1 atom stereocenters. The van der Waals surface area contributed by atoms with Gasteiger partial charge in [-0.05, 0) is 31.9 Å². The molecule has 0 heterocycles. The van der Waals surface area contributed by atoms with Gasteiger partial charge in [-0.3, -0.25) is 10.1 Å². The third kappa shape index (κ3) is 5.42. The van der Waals surface area contributed by atoms with Crippen LogP contribution in [-0.4, -0.2) is 24.1 Å². The Morgan fingerprint density at radius 1 is 1.41 bits per heavy atom. The molecule has 0 aromatic heterocycles. The summed E-state index contributed by atoms with van der Waals surface area (Å²) in [7, 11) is 0. The van der Waals surface area contributed by atoms with Crippen molar-refractivity contribution < 1.29 is 4.92 Å². The fourth-order valence-electron chi connectivity index (χ4n) is 1.53. The third-order valence-corrected chi connectivity index (χ3v) is 2.43. The van der Waals surface area contributed by atoms with Crippen LogP contribution >= 0.6 is 0 Å². The molecule has 0 fully saturated rings. The number of hydrogen-bond donors (Lipinski definition) is 2. The normalized spacial score (nSPS) is 12.4. The zero-order chi connectivity index (χ0) is 12.7. The molecule has 1 aromatic rings. The lowest BCUT2D eigenvalue weighted by Crippen LogP contribution is -2.31. The van der Waals surface area contributed by atoms with Gasteiger partial charge in [-0.2, -0.15) is 0 Å². The highest BCUT2D eigenvalue weighted by Gasteiger charge is 2.03. The fourth-order valence-corrected chi connectivity index (χ4v) is 1.53. The summed E-state index contributed by atoms with van der Waals surface area (Å²) in [4.78, 5) is 10.1. The highest BCUT2D eigenvalue weighted by atomic mass is 16.6. The standard InChI is InChI=1S/C12H19N3O2/c1-10(13)9-14-8-2-3-11-4-6-12(7-5-11)15(16)17/h4-7,10,14H,2-3,8-9,13H2,1H3. The van der Waals surface area contributed by atoms with Gasteiger partial charge in [0.25, 0.3) is 5.69 Å². The minimum Gasteiger partial charge on any atom is -0.327 e. The van der Waals surface area contributed by atoms with Crippen molar-refractivity contribution in [3.63, 3.8) is 0 Å². The molecule has 17 heavy (non-hydrogen) atoms. The van der Waals surface area contributed by atoms with Gasteiger partial charge in [0, 0.05) is 24.7 Å². The number of aryl methyl sites for hydroxylation is 1. The SMILES string of the molecule is CC(N)CNCCCc1ccc([N+](=O)[O-])cc1. The van der Waals surface area contributed by atoms with Crippen LogP contribution in [0.15, 0.2) is 24.3 Å². The van der Waals surface area contributed by atoms with Crippen LogP contribution in [0.1, 0.15) is 18.9 Å². The predicted octanol–water partition coefficient (Wildman–Crippen LogP) is 1.46. The minimum absolute atomic E-state index is 0.142. The number of benzene rings is 1. The van der Waals surface area contributed by atoms with Gasteiger partial charge in [0.05, 0.1) is 4.92 Å². The first-order chi connectivity index (χ1) is 8.09. The highest BCUT2D eigenvalue weighted by molar-refractivity contribution is 5.32. The number of hydrogen-bond acceptors (Lipinski definition) is 4. The molecule has 0 amide bonds. The second-order valence-corrected chi connectivity index (χ2v) is 4.21. The first kappa shape index (κ1) is 13.6.